The third kappa shape index (κ3) is 3.85. The van der Waals surface area contributed by atoms with Crippen LogP contribution in [-0.4, -0.2) is 62.3 Å². The summed E-state index contributed by atoms with van der Waals surface area (Å²) in [5.74, 6) is 1.60. The number of nitrogens with one attached hydrogen (secondary N) is 2. The second-order valence-electron chi connectivity index (χ2n) is 6.31. The lowest BCUT2D eigenvalue weighted by atomic mass is 10.1. The van der Waals surface area contributed by atoms with Gasteiger partial charge in [-0.15, -0.1) is 0 Å². The maximum Gasteiger partial charge on any atom is 0.191 e. The number of rotatable bonds is 5. The molecule has 0 spiro atoms. The molecule has 0 aromatic heterocycles. The third-order valence-electron chi connectivity index (χ3n) is 4.50. The molecule has 2 atom stereocenters. The van der Waals surface area contributed by atoms with Gasteiger partial charge < -0.3 is 15.4 Å². The van der Waals surface area contributed by atoms with Crippen molar-refractivity contribution in [2.24, 2.45) is 10.9 Å². The van der Waals surface area contributed by atoms with Gasteiger partial charge in [-0.3, -0.25) is 9.89 Å². The molecule has 0 bridgehead atoms. The fraction of sp³-hybridized carbons (Fsp3) is 0.933. The molecule has 0 aromatic carbocycles. The van der Waals surface area contributed by atoms with E-state index >= 15 is 0 Å². The third-order valence-corrected chi connectivity index (χ3v) is 4.50. The van der Waals surface area contributed by atoms with Gasteiger partial charge in [0, 0.05) is 50.8 Å². The summed E-state index contributed by atoms with van der Waals surface area (Å²) in [4.78, 5) is 7.37. The average molecular weight is 280 g/mol. The Morgan fingerprint density at radius 2 is 2.20 bits per heavy atom. The van der Waals surface area contributed by atoms with Gasteiger partial charge in [-0.1, -0.05) is 0 Å². The number of guanidine groups is 1. The lowest BCUT2D eigenvalue weighted by molar-refractivity contribution is 0.187. The first-order valence-corrected chi connectivity index (χ1v) is 8.21. The van der Waals surface area contributed by atoms with Crippen LogP contribution in [0.25, 0.3) is 0 Å². The molecule has 1 aliphatic carbocycles. The van der Waals surface area contributed by atoms with Gasteiger partial charge in [0.15, 0.2) is 5.96 Å². The molecule has 2 aliphatic heterocycles. The average Bonchev–Trinajstić information content (AvgIpc) is 2.99. The molecule has 2 unspecified atom stereocenters. The van der Waals surface area contributed by atoms with Crippen LogP contribution >= 0.6 is 0 Å². The van der Waals surface area contributed by atoms with Gasteiger partial charge in [-0.05, 0) is 32.6 Å². The van der Waals surface area contributed by atoms with Crippen LogP contribution in [0.4, 0.5) is 0 Å². The Morgan fingerprint density at radius 1 is 1.30 bits per heavy atom. The molecule has 114 valence electrons. The Hall–Kier alpha value is -0.810. The Bertz CT molecular complexity index is 337. The highest BCUT2D eigenvalue weighted by atomic mass is 16.5. The summed E-state index contributed by atoms with van der Waals surface area (Å²) in [5.41, 5.74) is 0. The molecule has 1 saturated carbocycles. The van der Waals surface area contributed by atoms with E-state index in [0.717, 1.165) is 44.7 Å². The highest BCUT2D eigenvalue weighted by Crippen LogP contribution is 2.29. The van der Waals surface area contributed by atoms with Crippen molar-refractivity contribution >= 4 is 5.96 Å². The van der Waals surface area contributed by atoms with E-state index in [0.29, 0.717) is 12.0 Å². The van der Waals surface area contributed by atoms with Gasteiger partial charge in [-0.25, -0.2) is 0 Å². The Labute approximate surface area is 122 Å². The molecule has 5 heteroatoms. The summed E-state index contributed by atoms with van der Waals surface area (Å²) in [6, 6.07) is 1.45. The standard InChI is InChI=1S/C15H28N4O/c1-2-16-15(17-9-12-6-8-20-11-12)18-13-5-7-19(10-13)14-3-4-14/h12-14H,2-11H2,1H3,(H2,16,17,18). The monoisotopic (exact) mass is 280 g/mol. The number of aliphatic imine (C=N–C) groups is 1. The topological polar surface area (TPSA) is 48.9 Å². The summed E-state index contributed by atoms with van der Waals surface area (Å²) < 4.78 is 5.41. The molecule has 0 radical (unpaired) electrons. The fourth-order valence-electron chi connectivity index (χ4n) is 3.14. The van der Waals surface area contributed by atoms with E-state index in [4.69, 9.17) is 9.73 Å². The van der Waals surface area contributed by atoms with Crippen molar-refractivity contribution in [2.75, 3.05) is 39.4 Å². The molecule has 2 N–H and O–H groups in total. The summed E-state index contributed by atoms with van der Waals surface area (Å²) >= 11 is 0. The minimum absolute atomic E-state index is 0.563. The van der Waals surface area contributed by atoms with Crippen LogP contribution in [-0.2, 0) is 4.74 Å². The van der Waals surface area contributed by atoms with Crippen LogP contribution in [0, 0.1) is 5.92 Å². The van der Waals surface area contributed by atoms with Crippen molar-refractivity contribution in [1.82, 2.24) is 15.5 Å². The zero-order valence-corrected chi connectivity index (χ0v) is 12.6. The normalized spacial score (nSPS) is 31.8. The van der Waals surface area contributed by atoms with Crippen molar-refractivity contribution in [3.63, 3.8) is 0 Å². The molecule has 2 heterocycles. The highest BCUT2D eigenvalue weighted by molar-refractivity contribution is 5.80. The van der Waals surface area contributed by atoms with Crippen LogP contribution in [0.2, 0.25) is 0 Å². The summed E-state index contributed by atoms with van der Waals surface area (Å²) in [6.45, 7) is 8.15. The van der Waals surface area contributed by atoms with Crippen molar-refractivity contribution in [1.29, 1.82) is 0 Å². The van der Waals surface area contributed by atoms with Gasteiger partial charge >= 0.3 is 0 Å². The molecular weight excluding hydrogens is 252 g/mol. The van der Waals surface area contributed by atoms with Gasteiger partial charge in [-0.2, -0.15) is 0 Å². The minimum Gasteiger partial charge on any atom is -0.381 e. The molecular formula is C15H28N4O. The first-order chi connectivity index (χ1) is 9.85. The van der Waals surface area contributed by atoms with Gasteiger partial charge in [0.2, 0.25) is 0 Å². The summed E-state index contributed by atoms with van der Waals surface area (Å²) in [5, 5.41) is 6.98. The van der Waals surface area contributed by atoms with Crippen LogP contribution in [0.15, 0.2) is 4.99 Å². The molecule has 20 heavy (non-hydrogen) atoms. The second kappa shape index (κ2) is 6.76. The van der Waals surface area contributed by atoms with E-state index < -0.39 is 0 Å². The predicted molar refractivity (Wildman–Crippen MR) is 81.0 cm³/mol. The molecule has 3 rings (SSSR count). The van der Waals surface area contributed by atoms with Crippen molar-refractivity contribution in [3.8, 4) is 0 Å². The van der Waals surface area contributed by atoms with E-state index in [2.05, 4.69) is 22.5 Å². The van der Waals surface area contributed by atoms with Crippen LogP contribution in [0.5, 0.6) is 0 Å². The predicted octanol–water partition coefficient (Wildman–Crippen LogP) is 0.815. The second-order valence-corrected chi connectivity index (χ2v) is 6.31. The molecule has 0 aromatic rings. The van der Waals surface area contributed by atoms with Crippen LogP contribution in [0.3, 0.4) is 0 Å². The van der Waals surface area contributed by atoms with Gasteiger partial charge in [0.1, 0.15) is 0 Å². The summed E-state index contributed by atoms with van der Waals surface area (Å²) in [6.07, 6.45) is 5.21. The summed E-state index contributed by atoms with van der Waals surface area (Å²) in [7, 11) is 0. The zero-order chi connectivity index (χ0) is 13.8. The number of likely N-dealkylation sites (tertiary alicyclic amines) is 1. The van der Waals surface area contributed by atoms with E-state index in [1.807, 2.05) is 0 Å². The maximum absolute atomic E-state index is 5.41. The molecule has 3 aliphatic rings. The quantitative estimate of drug-likeness (QED) is 0.578. The van der Waals surface area contributed by atoms with Crippen molar-refractivity contribution in [3.05, 3.63) is 0 Å². The number of ether oxygens (including phenoxy) is 1. The smallest absolute Gasteiger partial charge is 0.191 e. The minimum atomic E-state index is 0.563. The molecule has 5 nitrogen and oxygen atoms in total. The fourth-order valence-corrected chi connectivity index (χ4v) is 3.14. The first kappa shape index (κ1) is 14.1. The lowest BCUT2D eigenvalue weighted by Crippen LogP contribution is -2.45. The largest absolute Gasteiger partial charge is 0.381 e. The maximum atomic E-state index is 5.41. The van der Waals surface area contributed by atoms with Crippen LogP contribution in [0.1, 0.15) is 32.6 Å². The van der Waals surface area contributed by atoms with Crippen molar-refractivity contribution < 1.29 is 4.74 Å². The van der Waals surface area contributed by atoms with Gasteiger partial charge in [0.05, 0.1) is 6.61 Å². The van der Waals surface area contributed by atoms with E-state index in [1.54, 1.807) is 0 Å². The lowest BCUT2D eigenvalue weighted by Gasteiger charge is -2.19. The van der Waals surface area contributed by atoms with Crippen LogP contribution < -0.4 is 10.6 Å². The number of nitrogens with zero attached hydrogens (tertiary/aromatic N) is 2. The van der Waals surface area contributed by atoms with E-state index in [1.165, 1.54) is 32.4 Å². The Morgan fingerprint density at radius 3 is 2.90 bits per heavy atom. The Kier molecular flexibility index (Phi) is 4.78. The Balaban J connectivity index is 1.46. The molecule has 3 fully saturated rings. The highest BCUT2D eigenvalue weighted by Gasteiger charge is 2.34. The number of hydrogen-bond donors (Lipinski definition) is 2. The van der Waals surface area contributed by atoms with Crippen molar-refractivity contribution in [2.45, 2.75) is 44.7 Å². The van der Waals surface area contributed by atoms with E-state index in [9.17, 15) is 0 Å². The SMILES string of the molecule is CCNC(=NCC1CCOC1)NC1CCN(C2CC2)C1. The molecule has 0 amide bonds. The number of hydrogen-bond acceptors (Lipinski definition) is 3. The first-order valence-electron chi connectivity index (χ1n) is 8.21. The molecule has 2 saturated heterocycles. The van der Waals surface area contributed by atoms with Gasteiger partial charge in [0.25, 0.3) is 0 Å². The zero-order valence-electron chi connectivity index (χ0n) is 12.6. The van der Waals surface area contributed by atoms with E-state index in [-0.39, 0.29) is 0 Å².